The molecule has 19 heavy (non-hydrogen) atoms. The predicted molar refractivity (Wildman–Crippen MR) is 59.1 cm³/mol. The summed E-state index contributed by atoms with van der Waals surface area (Å²) in [6, 6.07) is 10.0. The van der Waals surface area contributed by atoms with Crippen molar-refractivity contribution in [1.82, 2.24) is 0 Å². The van der Waals surface area contributed by atoms with Gasteiger partial charge in [0.05, 0.1) is 5.82 Å². The van der Waals surface area contributed by atoms with Crippen molar-refractivity contribution < 1.29 is 78.4 Å². The van der Waals surface area contributed by atoms with E-state index in [9.17, 15) is 13.8 Å². The maximum Gasteiger partial charge on any atom is 1.00 e. The molecule has 0 saturated carbocycles. The Morgan fingerprint density at radius 1 is 0.895 bits per heavy atom. The summed E-state index contributed by atoms with van der Waals surface area (Å²) in [4.78, 5) is 0. The van der Waals surface area contributed by atoms with Crippen LogP contribution in [0, 0.1) is 11.6 Å². The van der Waals surface area contributed by atoms with Gasteiger partial charge in [0, 0.05) is 0 Å². The summed E-state index contributed by atoms with van der Waals surface area (Å²) in [6.45, 7) is 0. The molecule has 0 aliphatic carbocycles. The van der Waals surface area contributed by atoms with E-state index in [4.69, 9.17) is 0 Å². The summed E-state index contributed by atoms with van der Waals surface area (Å²) in [5, 5.41) is 10.4. The van der Waals surface area contributed by atoms with Gasteiger partial charge >= 0.3 is 59.1 Å². The maximum atomic E-state index is 13.3. The van der Waals surface area contributed by atoms with Crippen molar-refractivity contribution in [3.05, 3.63) is 54.1 Å². The molecule has 0 amide bonds. The van der Waals surface area contributed by atoms with Gasteiger partial charge in [0.1, 0.15) is 5.82 Å². The van der Waals surface area contributed by atoms with E-state index in [1.165, 1.54) is 24.3 Å². The third-order valence-electron chi connectivity index (χ3n) is 2.29. The molecule has 0 fully saturated rings. The molecule has 2 nitrogen and oxygen atoms in total. The molecule has 0 aliphatic rings. The Balaban J connectivity index is 0. The van der Waals surface area contributed by atoms with Crippen molar-refractivity contribution in [2.45, 2.75) is 0 Å². The van der Waals surface area contributed by atoms with E-state index in [-0.39, 0.29) is 75.9 Å². The van der Waals surface area contributed by atoms with Crippen molar-refractivity contribution in [2.75, 3.05) is 0 Å². The molecule has 0 aromatic heterocycles. The fourth-order valence-corrected chi connectivity index (χ4v) is 1.47. The van der Waals surface area contributed by atoms with Gasteiger partial charge < -0.3 is 18.0 Å². The fourth-order valence-electron chi connectivity index (χ4n) is 1.47. The average Bonchev–Trinajstić information content (AvgIpc) is 2.29. The van der Waals surface area contributed by atoms with E-state index in [0.29, 0.717) is 18.6 Å². The average molecular weight is 279 g/mol. The SMILES string of the molecule is [Na+].[Na+].[O-][B-]c1ccc(-c2cccc(F)c2)cc1F.[OH-]. The maximum absolute atomic E-state index is 13.3. The molecular formula is C12H8BF2Na2O2-. The summed E-state index contributed by atoms with van der Waals surface area (Å²) in [5.74, 6) is -0.978. The number of hydrogen-bond donors (Lipinski definition) is 0. The van der Waals surface area contributed by atoms with Gasteiger partial charge in [-0.2, -0.15) is 0 Å². The van der Waals surface area contributed by atoms with E-state index >= 15 is 0 Å². The Kier molecular flexibility index (Phi) is 11.4. The first-order valence-corrected chi connectivity index (χ1v) is 4.71. The normalized spacial score (nSPS) is 8.79. The molecule has 2 radical (unpaired) electrons. The van der Waals surface area contributed by atoms with Gasteiger partial charge in [0.15, 0.2) is 0 Å². The van der Waals surface area contributed by atoms with Crippen LogP contribution in [0.4, 0.5) is 8.78 Å². The molecule has 0 atom stereocenters. The van der Waals surface area contributed by atoms with Crippen molar-refractivity contribution >= 4 is 12.9 Å². The van der Waals surface area contributed by atoms with Crippen molar-refractivity contribution in [3.63, 3.8) is 0 Å². The Bertz CT molecular complexity index is 527. The van der Waals surface area contributed by atoms with Crippen LogP contribution in [0.2, 0.25) is 0 Å². The molecule has 0 bridgehead atoms. The Hall–Kier alpha value is 0.285. The molecule has 0 saturated heterocycles. The van der Waals surface area contributed by atoms with Gasteiger partial charge in [-0.05, 0) is 29.3 Å². The summed E-state index contributed by atoms with van der Waals surface area (Å²) >= 11 is 0. The predicted octanol–water partition coefficient (Wildman–Crippen LogP) is -4.93. The Morgan fingerprint density at radius 2 is 1.53 bits per heavy atom. The van der Waals surface area contributed by atoms with Gasteiger partial charge in [-0.25, -0.2) is 8.78 Å². The Labute approximate surface area is 155 Å². The topological polar surface area (TPSA) is 53.1 Å². The van der Waals surface area contributed by atoms with Crippen LogP contribution in [0.3, 0.4) is 0 Å². The van der Waals surface area contributed by atoms with Crippen LogP contribution in [-0.4, -0.2) is 13.0 Å². The largest absolute Gasteiger partial charge is 1.06 e. The minimum absolute atomic E-state index is 0. The van der Waals surface area contributed by atoms with E-state index in [2.05, 4.69) is 0 Å². The zero-order valence-electron chi connectivity index (χ0n) is 10.7. The number of rotatable bonds is 2. The van der Waals surface area contributed by atoms with Crippen molar-refractivity contribution in [1.29, 1.82) is 0 Å². The van der Waals surface area contributed by atoms with E-state index in [1.807, 2.05) is 0 Å². The van der Waals surface area contributed by atoms with Gasteiger partial charge in [-0.3, -0.25) is 5.46 Å². The van der Waals surface area contributed by atoms with Gasteiger partial charge in [0.25, 0.3) is 0 Å². The number of halogens is 2. The molecule has 2 aromatic carbocycles. The molecule has 7 heteroatoms. The molecule has 88 valence electrons. The van der Waals surface area contributed by atoms with Crippen LogP contribution in [0.25, 0.3) is 11.1 Å². The van der Waals surface area contributed by atoms with Crippen molar-refractivity contribution in [3.8, 4) is 11.1 Å². The van der Waals surface area contributed by atoms with Crippen molar-refractivity contribution in [2.24, 2.45) is 0 Å². The molecule has 1 N–H and O–H groups in total. The first-order chi connectivity index (χ1) is 7.70. The second-order valence-corrected chi connectivity index (χ2v) is 3.36. The summed E-state index contributed by atoms with van der Waals surface area (Å²) < 4.78 is 26.3. The fraction of sp³-hybridized carbons (Fsp3) is 0. The molecule has 2 rings (SSSR count). The number of hydrogen-bond acceptors (Lipinski definition) is 2. The molecule has 0 spiro atoms. The minimum Gasteiger partial charge on any atom is -1.06 e. The molecule has 0 unspecified atom stereocenters. The number of benzene rings is 2. The van der Waals surface area contributed by atoms with Crippen LogP contribution >= 0.6 is 0 Å². The van der Waals surface area contributed by atoms with Gasteiger partial charge in [-0.1, -0.05) is 18.2 Å². The third kappa shape index (κ3) is 5.65. The second-order valence-electron chi connectivity index (χ2n) is 3.36. The van der Waals surface area contributed by atoms with Crippen LogP contribution in [0.15, 0.2) is 42.5 Å². The smallest absolute Gasteiger partial charge is 1.00 e. The standard InChI is InChI=1S/C12H7BF2O.2Na.H2O/c14-10-3-1-2-8(6-10)9-4-5-11(13-16)12(15)7-9;;;/h1-7H;;;1H2/q-2;2*+1;/p-1. The summed E-state index contributed by atoms with van der Waals surface area (Å²) in [6.07, 6.45) is 0. The molecule has 0 aliphatic heterocycles. The minimum atomic E-state index is -0.600. The zero-order chi connectivity index (χ0) is 11.5. The molecule has 2 aromatic rings. The van der Waals surface area contributed by atoms with Crippen LogP contribution in [0.1, 0.15) is 0 Å². The van der Waals surface area contributed by atoms with Gasteiger partial charge in [-0.15, -0.1) is 6.07 Å². The van der Waals surface area contributed by atoms with E-state index in [0.717, 1.165) is 0 Å². The molecular weight excluding hydrogens is 271 g/mol. The molecule has 0 heterocycles. The van der Waals surface area contributed by atoms with Crippen LogP contribution < -0.4 is 69.6 Å². The van der Waals surface area contributed by atoms with E-state index < -0.39 is 5.82 Å². The van der Waals surface area contributed by atoms with E-state index in [1.54, 1.807) is 18.2 Å². The third-order valence-corrected chi connectivity index (χ3v) is 2.29. The van der Waals surface area contributed by atoms with Gasteiger partial charge in [0.2, 0.25) is 0 Å². The van der Waals surface area contributed by atoms with Crippen LogP contribution in [-0.2, 0) is 0 Å². The van der Waals surface area contributed by atoms with Crippen LogP contribution in [0.5, 0.6) is 0 Å². The summed E-state index contributed by atoms with van der Waals surface area (Å²) in [7, 11) is 0.449. The first kappa shape index (κ1) is 21.6. The Morgan fingerprint density at radius 3 is 2.05 bits per heavy atom. The summed E-state index contributed by atoms with van der Waals surface area (Å²) in [5.41, 5.74) is 1.12. The monoisotopic (exact) mass is 279 g/mol. The quantitative estimate of drug-likeness (QED) is 0.517. The second kappa shape index (κ2) is 10.1. The zero-order valence-corrected chi connectivity index (χ0v) is 14.7. The first-order valence-electron chi connectivity index (χ1n) is 4.71.